The van der Waals surface area contributed by atoms with Crippen LogP contribution in [-0.2, 0) is 11.8 Å². The van der Waals surface area contributed by atoms with Gasteiger partial charge in [-0.05, 0) is 19.3 Å². The number of aryl methyl sites for hydroxylation is 1. The molecule has 0 amide bonds. The zero-order valence-electron chi connectivity index (χ0n) is 12.4. The van der Waals surface area contributed by atoms with E-state index in [0.717, 1.165) is 0 Å². The van der Waals surface area contributed by atoms with Crippen molar-refractivity contribution in [3.8, 4) is 0 Å². The number of nitro groups is 1. The minimum atomic E-state index is -0.804. The molecular weight excluding hydrogens is 276 g/mol. The maximum absolute atomic E-state index is 11.3. The van der Waals surface area contributed by atoms with E-state index in [2.05, 4.69) is 10.4 Å². The second-order valence-corrected chi connectivity index (χ2v) is 5.81. The Balaban J connectivity index is 2.24. The monoisotopic (exact) mass is 296 g/mol. The summed E-state index contributed by atoms with van der Waals surface area (Å²) in [6, 6.07) is -0.0692. The first-order chi connectivity index (χ1) is 9.81. The molecule has 8 nitrogen and oxygen atoms in total. The van der Waals surface area contributed by atoms with Crippen LogP contribution in [0.15, 0.2) is 0 Å². The summed E-state index contributed by atoms with van der Waals surface area (Å²) in [4.78, 5) is 21.9. The Morgan fingerprint density at radius 1 is 1.52 bits per heavy atom. The summed E-state index contributed by atoms with van der Waals surface area (Å²) in [5.41, 5.74) is 0.434. The van der Waals surface area contributed by atoms with Gasteiger partial charge in [-0.1, -0.05) is 13.8 Å². The standard InChI is InChI=1S/C13H20N4O4/c1-7(2)10-11(17(20)21)12(16(3)15-10)14-9-5-4-8(6-9)13(18)19/h7-9,14H,4-6H2,1-3H3,(H,18,19). The number of nitrogens with one attached hydrogen (secondary N) is 1. The summed E-state index contributed by atoms with van der Waals surface area (Å²) in [6.45, 7) is 3.71. The fourth-order valence-electron chi connectivity index (χ4n) is 2.79. The molecule has 1 saturated carbocycles. The van der Waals surface area contributed by atoms with Gasteiger partial charge in [0.25, 0.3) is 0 Å². The number of anilines is 1. The van der Waals surface area contributed by atoms with Crippen molar-refractivity contribution in [3.63, 3.8) is 0 Å². The molecule has 0 aromatic carbocycles. The van der Waals surface area contributed by atoms with Crippen LogP contribution in [0.5, 0.6) is 0 Å². The Bertz CT molecular complexity index is 567. The third-order valence-electron chi connectivity index (χ3n) is 3.90. The summed E-state index contributed by atoms with van der Waals surface area (Å²) in [7, 11) is 1.66. The van der Waals surface area contributed by atoms with E-state index in [4.69, 9.17) is 5.11 Å². The minimum Gasteiger partial charge on any atom is -0.481 e. The lowest BCUT2D eigenvalue weighted by Crippen LogP contribution is -2.20. The van der Waals surface area contributed by atoms with Gasteiger partial charge in [-0.3, -0.25) is 14.9 Å². The van der Waals surface area contributed by atoms with Crippen molar-refractivity contribution in [1.82, 2.24) is 9.78 Å². The summed E-state index contributed by atoms with van der Waals surface area (Å²) >= 11 is 0. The van der Waals surface area contributed by atoms with Crippen molar-refractivity contribution in [2.24, 2.45) is 13.0 Å². The highest BCUT2D eigenvalue weighted by atomic mass is 16.6. The highest BCUT2D eigenvalue weighted by molar-refractivity contribution is 5.70. The average molecular weight is 296 g/mol. The van der Waals surface area contributed by atoms with Gasteiger partial charge >= 0.3 is 11.7 Å². The molecule has 1 heterocycles. The van der Waals surface area contributed by atoms with Gasteiger partial charge in [0, 0.05) is 19.0 Å². The first kappa shape index (κ1) is 15.3. The normalized spacial score (nSPS) is 21.7. The van der Waals surface area contributed by atoms with E-state index in [1.54, 1.807) is 7.05 Å². The first-order valence-corrected chi connectivity index (χ1v) is 7.01. The molecule has 2 unspecified atom stereocenters. The molecular formula is C13H20N4O4. The summed E-state index contributed by atoms with van der Waals surface area (Å²) in [6.07, 6.45) is 1.76. The minimum absolute atomic E-state index is 0.00808. The number of nitrogens with zero attached hydrogens (tertiary/aromatic N) is 3. The third kappa shape index (κ3) is 2.98. The number of aromatic nitrogens is 2. The summed E-state index contributed by atoms with van der Waals surface area (Å²) in [5, 5.41) is 27.7. The van der Waals surface area contributed by atoms with Crippen LogP contribution in [-0.4, -0.2) is 31.8 Å². The van der Waals surface area contributed by atoms with Crippen LogP contribution in [0, 0.1) is 16.0 Å². The number of carboxylic acid groups (broad SMARTS) is 1. The SMILES string of the molecule is CC(C)c1nn(C)c(NC2CCC(C(=O)O)C2)c1[N+](=O)[O-]. The number of hydrogen-bond donors (Lipinski definition) is 2. The van der Waals surface area contributed by atoms with Gasteiger partial charge in [0.2, 0.25) is 5.82 Å². The Morgan fingerprint density at radius 3 is 2.67 bits per heavy atom. The van der Waals surface area contributed by atoms with Gasteiger partial charge in [0.05, 0.1) is 10.8 Å². The second-order valence-electron chi connectivity index (χ2n) is 5.81. The highest BCUT2D eigenvalue weighted by Gasteiger charge is 2.34. The molecule has 0 radical (unpaired) electrons. The van der Waals surface area contributed by atoms with E-state index in [1.807, 2.05) is 13.8 Å². The molecule has 0 bridgehead atoms. The van der Waals surface area contributed by atoms with Crippen molar-refractivity contribution in [2.75, 3.05) is 5.32 Å². The van der Waals surface area contributed by atoms with Crippen molar-refractivity contribution in [3.05, 3.63) is 15.8 Å². The Kier molecular flexibility index (Phi) is 4.15. The van der Waals surface area contributed by atoms with E-state index >= 15 is 0 Å². The van der Waals surface area contributed by atoms with Crippen LogP contribution in [0.25, 0.3) is 0 Å². The first-order valence-electron chi connectivity index (χ1n) is 7.01. The van der Waals surface area contributed by atoms with E-state index < -0.39 is 10.9 Å². The molecule has 1 aromatic rings. The van der Waals surface area contributed by atoms with Crippen LogP contribution < -0.4 is 5.32 Å². The molecule has 2 rings (SSSR count). The van der Waals surface area contributed by atoms with E-state index in [0.29, 0.717) is 30.8 Å². The number of carbonyl (C=O) groups is 1. The topological polar surface area (TPSA) is 110 Å². The largest absolute Gasteiger partial charge is 0.481 e. The molecule has 1 fully saturated rings. The van der Waals surface area contributed by atoms with Crippen LogP contribution in [0.2, 0.25) is 0 Å². The number of aliphatic carboxylic acids is 1. The van der Waals surface area contributed by atoms with Crippen LogP contribution >= 0.6 is 0 Å². The van der Waals surface area contributed by atoms with E-state index in [1.165, 1.54) is 4.68 Å². The van der Waals surface area contributed by atoms with Crippen LogP contribution in [0.3, 0.4) is 0 Å². The predicted octanol–water partition coefficient (Wildman–Crippen LogP) is 2.12. The zero-order valence-corrected chi connectivity index (χ0v) is 12.4. The highest BCUT2D eigenvalue weighted by Crippen LogP contribution is 2.35. The molecule has 21 heavy (non-hydrogen) atoms. The van der Waals surface area contributed by atoms with Crippen molar-refractivity contribution in [1.29, 1.82) is 0 Å². The lowest BCUT2D eigenvalue weighted by atomic mass is 10.1. The molecule has 0 aliphatic heterocycles. The molecule has 1 aliphatic carbocycles. The van der Waals surface area contributed by atoms with Gasteiger partial charge in [0.1, 0.15) is 5.69 Å². The fourth-order valence-corrected chi connectivity index (χ4v) is 2.79. The molecule has 2 atom stereocenters. The second kappa shape index (κ2) is 5.71. The van der Waals surface area contributed by atoms with Crippen molar-refractivity contribution >= 4 is 17.5 Å². The van der Waals surface area contributed by atoms with Gasteiger partial charge in [0.15, 0.2) is 0 Å². The Hall–Kier alpha value is -2.12. The lowest BCUT2D eigenvalue weighted by molar-refractivity contribution is -0.384. The molecule has 8 heteroatoms. The maximum atomic E-state index is 11.3. The van der Waals surface area contributed by atoms with Gasteiger partial charge in [-0.2, -0.15) is 5.10 Å². The molecule has 0 saturated heterocycles. The molecule has 1 aliphatic rings. The molecule has 1 aromatic heterocycles. The van der Waals surface area contributed by atoms with Crippen molar-refractivity contribution < 1.29 is 14.8 Å². The van der Waals surface area contributed by atoms with E-state index in [-0.39, 0.29) is 23.6 Å². The van der Waals surface area contributed by atoms with Crippen LogP contribution in [0.4, 0.5) is 11.5 Å². The van der Waals surface area contributed by atoms with Crippen molar-refractivity contribution in [2.45, 2.75) is 45.1 Å². The van der Waals surface area contributed by atoms with Gasteiger partial charge in [-0.25, -0.2) is 4.68 Å². The Morgan fingerprint density at radius 2 is 2.19 bits per heavy atom. The quantitative estimate of drug-likeness (QED) is 0.636. The maximum Gasteiger partial charge on any atom is 0.334 e. The average Bonchev–Trinajstić information content (AvgIpc) is 2.96. The van der Waals surface area contributed by atoms with Gasteiger partial charge in [-0.15, -0.1) is 0 Å². The molecule has 116 valence electrons. The van der Waals surface area contributed by atoms with E-state index in [9.17, 15) is 14.9 Å². The summed E-state index contributed by atoms with van der Waals surface area (Å²) < 4.78 is 1.47. The fraction of sp³-hybridized carbons (Fsp3) is 0.692. The zero-order chi connectivity index (χ0) is 15.7. The number of rotatable bonds is 5. The Labute approximate surface area is 122 Å². The number of carboxylic acids is 1. The molecule has 0 spiro atoms. The summed E-state index contributed by atoms with van der Waals surface area (Å²) in [5.74, 6) is -0.872. The predicted molar refractivity (Wildman–Crippen MR) is 76.3 cm³/mol. The van der Waals surface area contributed by atoms with Crippen LogP contribution in [0.1, 0.15) is 44.7 Å². The molecule has 2 N–H and O–H groups in total. The third-order valence-corrected chi connectivity index (χ3v) is 3.90. The van der Waals surface area contributed by atoms with Gasteiger partial charge < -0.3 is 10.4 Å². The number of hydrogen-bond acceptors (Lipinski definition) is 5. The smallest absolute Gasteiger partial charge is 0.334 e. The lowest BCUT2D eigenvalue weighted by Gasteiger charge is -2.13.